The van der Waals surface area contributed by atoms with Gasteiger partial charge in [-0.1, -0.05) is 31.9 Å². The van der Waals surface area contributed by atoms with Crippen molar-refractivity contribution < 1.29 is 14.0 Å². The molecule has 166 valence electrons. The molecule has 29 heavy (non-hydrogen) atoms. The summed E-state index contributed by atoms with van der Waals surface area (Å²) < 4.78 is 6.52. The SMILES string of the molecule is C.C[N+](C)(C)CCOCCCCCCN=C(N)NC(=O)c1nc(Cl)c(N)nc1N. The molecular formula is C18H36ClN8O2+. The monoisotopic (exact) mass is 431 g/mol. The molecule has 1 heterocycles. The summed E-state index contributed by atoms with van der Waals surface area (Å²) in [7, 11) is 6.43. The number of unbranched alkanes of at least 4 members (excludes halogenated alkanes) is 3. The molecule has 0 saturated heterocycles. The van der Waals surface area contributed by atoms with Crippen LogP contribution >= 0.6 is 11.6 Å². The third-order valence-electron chi connectivity index (χ3n) is 3.75. The number of amides is 1. The Bertz CT molecular complexity index is 677. The standard InChI is InChI=1S/C17H31ClN8O2.CH4/c1-26(2,3)9-11-28-10-7-5-4-6-8-22-17(21)25-16(27)12-14(19)24-15(20)13(18)23-12;/h4-11H2,1-3H3,(H6-,19,20,21,22,24,25,27);1H4/p+1. The van der Waals surface area contributed by atoms with Crippen LogP contribution in [0.5, 0.6) is 0 Å². The highest BCUT2D eigenvalue weighted by molar-refractivity contribution is 6.31. The Morgan fingerprint density at radius 1 is 1.10 bits per heavy atom. The van der Waals surface area contributed by atoms with Crippen LogP contribution in [0, 0.1) is 0 Å². The van der Waals surface area contributed by atoms with E-state index in [1.54, 1.807) is 0 Å². The van der Waals surface area contributed by atoms with Crippen LogP contribution in [0.15, 0.2) is 4.99 Å². The number of nitrogens with one attached hydrogen (secondary N) is 1. The number of hydrogen-bond acceptors (Lipinski definition) is 7. The lowest BCUT2D eigenvalue weighted by Gasteiger charge is -2.23. The Labute approximate surface area is 178 Å². The topological polar surface area (TPSA) is 155 Å². The van der Waals surface area contributed by atoms with Crippen LogP contribution in [-0.2, 0) is 4.74 Å². The number of aliphatic imine (C=N–C) groups is 1. The lowest BCUT2D eigenvalue weighted by Crippen LogP contribution is -2.38. The third-order valence-corrected chi connectivity index (χ3v) is 4.03. The van der Waals surface area contributed by atoms with Gasteiger partial charge in [0.15, 0.2) is 28.4 Å². The van der Waals surface area contributed by atoms with E-state index in [1.807, 2.05) is 0 Å². The molecule has 1 aromatic heterocycles. The second kappa shape index (κ2) is 13.1. The van der Waals surface area contributed by atoms with Gasteiger partial charge in [0.25, 0.3) is 5.91 Å². The van der Waals surface area contributed by atoms with Crippen molar-refractivity contribution in [2.24, 2.45) is 10.7 Å². The lowest BCUT2D eigenvalue weighted by atomic mass is 10.2. The zero-order chi connectivity index (χ0) is 21.2. The first-order chi connectivity index (χ1) is 13.1. The molecule has 0 saturated carbocycles. The highest BCUT2D eigenvalue weighted by Crippen LogP contribution is 2.17. The fourth-order valence-electron chi connectivity index (χ4n) is 2.13. The highest BCUT2D eigenvalue weighted by Gasteiger charge is 2.16. The predicted molar refractivity (Wildman–Crippen MR) is 119 cm³/mol. The Hall–Kier alpha value is -2.17. The third kappa shape index (κ3) is 11.4. The van der Waals surface area contributed by atoms with E-state index in [0.717, 1.165) is 49.9 Å². The van der Waals surface area contributed by atoms with E-state index in [-0.39, 0.29) is 35.9 Å². The summed E-state index contributed by atoms with van der Waals surface area (Å²) in [5, 5.41) is 2.31. The van der Waals surface area contributed by atoms with Crippen LogP contribution in [0.2, 0.25) is 5.15 Å². The smallest absolute Gasteiger partial charge is 0.280 e. The summed E-state index contributed by atoms with van der Waals surface area (Å²) in [5.41, 5.74) is 16.7. The number of hydrogen-bond donors (Lipinski definition) is 4. The minimum absolute atomic E-state index is 0. The van der Waals surface area contributed by atoms with Gasteiger partial charge in [0, 0.05) is 13.2 Å². The molecule has 0 bridgehead atoms. The molecule has 11 heteroatoms. The quantitative estimate of drug-likeness (QED) is 0.178. The largest absolute Gasteiger partial charge is 0.382 e. The molecule has 0 aromatic carbocycles. The van der Waals surface area contributed by atoms with Crippen LogP contribution in [0.4, 0.5) is 11.6 Å². The molecule has 0 aliphatic heterocycles. The van der Waals surface area contributed by atoms with Gasteiger partial charge in [0.2, 0.25) is 0 Å². The first-order valence-electron chi connectivity index (χ1n) is 9.18. The van der Waals surface area contributed by atoms with E-state index < -0.39 is 5.91 Å². The number of guanidine groups is 1. The van der Waals surface area contributed by atoms with E-state index in [1.165, 1.54) is 0 Å². The van der Waals surface area contributed by atoms with Gasteiger partial charge in [-0.2, -0.15) is 0 Å². The van der Waals surface area contributed by atoms with E-state index in [2.05, 4.69) is 41.4 Å². The Balaban J connectivity index is 0.00000784. The molecule has 0 aliphatic rings. The second-order valence-electron chi connectivity index (χ2n) is 7.40. The number of carbonyl (C=O) groups is 1. The number of halogens is 1. The number of quaternary nitrogens is 1. The zero-order valence-electron chi connectivity index (χ0n) is 16.9. The number of likely N-dealkylation sites (N-methyl/N-ethyl adjacent to an activating group) is 1. The summed E-state index contributed by atoms with van der Waals surface area (Å²) in [4.78, 5) is 23.8. The average Bonchev–Trinajstić information content (AvgIpc) is 2.58. The molecule has 1 amide bonds. The number of carbonyl (C=O) groups excluding carboxylic acids is 1. The molecule has 7 N–H and O–H groups in total. The van der Waals surface area contributed by atoms with Gasteiger partial charge in [-0.3, -0.25) is 15.1 Å². The van der Waals surface area contributed by atoms with Crippen LogP contribution in [0.3, 0.4) is 0 Å². The Kier molecular flexibility index (Phi) is 12.1. The average molecular weight is 432 g/mol. The lowest BCUT2D eigenvalue weighted by molar-refractivity contribution is -0.870. The number of aromatic nitrogens is 2. The van der Waals surface area contributed by atoms with Crippen molar-refractivity contribution in [3.8, 4) is 0 Å². The van der Waals surface area contributed by atoms with Crippen molar-refractivity contribution in [3.63, 3.8) is 0 Å². The van der Waals surface area contributed by atoms with E-state index in [4.69, 9.17) is 33.5 Å². The van der Waals surface area contributed by atoms with Crippen molar-refractivity contribution in [3.05, 3.63) is 10.8 Å². The van der Waals surface area contributed by atoms with Gasteiger partial charge in [0.05, 0.1) is 27.7 Å². The molecule has 0 fully saturated rings. The number of rotatable bonds is 11. The second-order valence-corrected chi connectivity index (χ2v) is 7.75. The maximum atomic E-state index is 12.1. The molecule has 10 nitrogen and oxygen atoms in total. The molecule has 0 radical (unpaired) electrons. The van der Waals surface area contributed by atoms with Gasteiger partial charge >= 0.3 is 0 Å². The number of ether oxygens (including phenoxy) is 1. The first-order valence-corrected chi connectivity index (χ1v) is 9.56. The summed E-state index contributed by atoms with van der Waals surface area (Å²) >= 11 is 5.75. The number of nitrogens with zero attached hydrogens (tertiary/aromatic N) is 4. The molecule has 1 aromatic rings. The molecule has 0 aliphatic carbocycles. The van der Waals surface area contributed by atoms with Crippen LogP contribution in [0.25, 0.3) is 0 Å². The van der Waals surface area contributed by atoms with Crippen molar-refractivity contribution >= 4 is 35.1 Å². The van der Waals surface area contributed by atoms with Gasteiger partial charge in [-0.15, -0.1) is 0 Å². The van der Waals surface area contributed by atoms with E-state index in [0.29, 0.717) is 6.54 Å². The maximum Gasteiger partial charge on any atom is 0.280 e. The minimum Gasteiger partial charge on any atom is -0.382 e. The molecule has 0 spiro atoms. The normalized spacial score (nSPS) is 11.8. The summed E-state index contributed by atoms with van der Waals surface area (Å²) in [6, 6.07) is 0. The highest BCUT2D eigenvalue weighted by atomic mass is 35.5. The fourth-order valence-corrected chi connectivity index (χ4v) is 2.26. The van der Waals surface area contributed by atoms with Crippen molar-refractivity contribution in [1.29, 1.82) is 0 Å². The zero-order valence-corrected chi connectivity index (χ0v) is 17.6. The maximum absolute atomic E-state index is 12.1. The van der Waals surface area contributed by atoms with Gasteiger partial charge in [-0.05, 0) is 12.8 Å². The molecule has 0 atom stereocenters. The Morgan fingerprint density at radius 3 is 2.41 bits per heavy atom. The molecule has 1 rings (SSSR count). The Morgan fingerprint density at radius 2 is 1.76 bits per heavy atom. The molecular weight excluding hydrogens is 396 g/mol. The van der Waals surface area contributed by atoms with Gasteiger partial charge < -0.3 is 26.4 Å². The summed E-state index contributed by atoms with van der Waals surface area (Å²) in [6.45, 7) is 3.06. The van der Waals surface area contributed by atoms with Gasteiger partial charge in [0.1, 0.15) is 6.54 Å². The van der Waals surface area contributed by atoms with Crippen LogP contribution in [-0.4, -0.2) is 73.8 Å². The van der Waals surface area contributed by atoms with Crippen molar-refractivity contribution in [1.82, 2.24) is 15.3 Å². The van der Waals surface area contributed by atoms with Crippen molar-refractivity contribution in [2.75, 3.05) is 58.9 Å². The fraction of sp³-hybridized carbons (Fsp3) is 0.667. The molecule has 0 unspecified atom stereocenters. The van der Waals surface area contributed by atoms with E-state index >= 15 is 0 Å². The van der Waals surface area contributed by atoms with Crippen LogP contribution < -0.4 is 22.5 Å². The minimum atomic E-state index is -0.640. The number of nitrogens with two attached hydrogens (primary N) is 3. The van der Waals surface area contributed by atoms with Gasteiger partial charge in [-0.25, -0.2) is 9.97 Å². The first kappa shape index (κ1) is 26.8. The van der Waals surface area contributed by atoms with E-state index in [9.17, 15) is 4.79 Å². The summed E-state index contributed by atoms with van der Waals surface area (Å²) in [5.74, 6) is -0.825. The number of anilines is 2. The summed E-state index contributed by atoms with van der Waals surface area (Å²) in [6.07, 6.45) is 3.95. The predicted octanol–water partition coefficient (Wildman–Crippen LogP) is 1.26. The van der Waals surface area contributed by atoms with Crippen LogP contribution in [0.1, 0.15) is 43.6 Å². The number of nitrogen functional groups attached to an aromatic ring is 2. The van der Waals surface area contributed by atoms with Crippen molar-refractivity contribution in [2.45, 2.75) is 33.1 Å².